The number of hydrogen-bond donors (Lipinski definition) is 1. The fraction of sp³-hybridized carbons (Fsp3) is 0.381. The first-order valence-corrected chi connectivity index (χ1v) is 8.96. The average Bonchev–Trinajstić information content (AvgIpc) is 2.96. The van der Waals surface area contributed by atoms with Gasteiger partial charge in [0.2, 0.25) is 0 Å². The van der Waals surface area contributed by atoms with Gasteiger partial charge in [-0.15, -0.1) is 0 Å². The van der Waals surface area contributed by atoms with Crippen LogP contribution >= 0.6 is 0 Å². The van der Waals surface area contributed by atoms with Gasteiger partial charge < -0.3 is 14.7 Å². The Kier molecular flexibility index (Phi) is 4.22. The van der Waals surface area contributed by atoms with Gasteiger partial charge in [0.25, 0.3) is 0 Å². The monoisotopic (exact) mass is 337 g/mol. The highest BCUT2D eigenvalue weighted by molar-refractivity contribution is 5.79. The van der Waals surface area contributed by atoms with Gasteiger partial charge in [-0.3, -0.25) is 0 Å². The predicted molar refractivity (Wildman–Crippen MR) is 96.5 cm³/mol. The number of fused-ring (bicyclic) bond motifs is 3. The minimum Gasteiger partial charge on any atom is -0.448 e. The van der Waals surface area contributed by atoms with Crippen LogP contribution in [0.4, 0.5) is 4.79 Å². The molecule has 0 unspecified atom stereocenters. The molecule has 0 radical (unpaired) electrons. The molecule has 1 aliphatic carbocycles. The van der Waals surface area contributed by atoms with Crippen LogP contribution in [0.5, 0.6) is 0 Å². The van der Waals surface area contributed by atoms with E-state index in [2.05, 4.69) is 24.3 Å². The number of nitrogens with zero attached hydrogens (tertiary/aromatic N) is 1. The van der Waals surface area contributed by atoms with Gasteiger partial charge in [0.1, 0.15) is 6.61 Å². The molecular weight excluding hydrogens is 314 g/mol. The van der Waals surface area contributed by atoms with Crippen molar-refractivity contribution >= 4 is 6.09 Å². The number of ether oxygens (including phenoxy) is 1. The van der Waals surface area contributed by atoms with E-state index in [9.17, 15) is 9.90 Å². The molecule has 0 spiro atoms. The summed E-state index contributed by atoms with van der Waals surface area (Å²) in [6, 6.07) is 16.4. The van der Waals surface area contributed by atoms with Crippen molar-refractivity contribution < 1.29 is 14.6 Å². The van der Waals surface area contributed by atoms with E-state index in [4.69, 9.17) is 4.74 Å². The molecule has 2 atom stereocenters. The molecule has 1 saturated heterocycles. The average molecular weight is 337 g/mol. The van der Waals surface area contributed by atoms with Crippen LogP contribution in [0.2, 0.25) is 0 Å². The molecule has 4 heteroatoms. The number of amides is 1. The number of aliphatic hydroxyl groups excluding tert-OH is 1. The van der Waals surface area contributed by atoms with Crippen LogP contribution in [0.3, 0.4) is 0 Å². The van der Waals surface area contributed by atoms with Crippen molar-refractivity contribution in [3.63, 3.8) is 0 Å². The summed E-state index contributed by atoms with van der Waals surface area (Å²) < 4.78 is 5.67. The number of benzene rings is 2. The normalized spacial score (nSPS) is 22.4. The lowest BCUT2D eigenvalue weighted by molar-refractivity contribution is 0.0119. The van der Waals surface area contributed by atoms with Crippen LogP contribution in [0, 0.1) is 0 Å². The number of piperidine rings is 1. The molecule has 0 saturated carbocycles. The maximum absolute atomic E-state index is 12.5. The van der Waals surface area contributed by atoms with Crippen molar-refractivity contribution in [1.29, 1.82) is 0 Å². The highest BCUT2D eigenvalue weighted by Gasteiger charge is 2.33. The first-order valence-electron chi connectivity index (χ1n) is 8.96. The third-order valence-electron chi connectivity index (χ3n) is 5.52. The summed E-state index contributed by atoms with van der Waals surface area (Å²) in [5, 5.41) is 9.99. The first-order chi connectivity index (χ1) is 12.2. The summed E-state index contributed by atoms with van der Waals surface area (Å²) in [6.07, 6.45) is 0.770. The maximum Gasteiger partial charge on any atom is 0.410 e. The number of rotatable bonds is 2. The van der Waals surface area contributed by atoms with Crippen LogP contribution < -0.4 is 0 Å². The zero-order valence-corrected chi connectivity index (χ0v) is 14.4. The zero-order chi connectivity index (χ0) is 17.4. The molecule has 4 nitrogen and oxygen atoms in total. The van der Waals surface area contributed by atoms with Gasteiger partial charge in [-0.1, -0.05) is 48.5 Å². The van der Waals surface area contributed by atoms with Crippen molar-refractivity contribution in [3.05, 3.63) is 59.7 Å². The number of likely N-dealkylation sites (tertiary alicyclic amines) is 1. The summed E-state index contributed by atoms with van der Waals surface area (Å²) in [7, 11) is 0. The fourth-order valence-electron chi connectivity index (χ4n) is 4.06. The lowest BCUT2D eigenvalue weighted by Gasteiger charge is -2.36. The van der Waals surface area contributed by atoms with Crippen molar-refractivity contribution in [2.24, 2.45) is 0 Å². The first kappa shape index (κ1) is 16.2. The Morgan fingerprint density at radius 2 is 1.72 bits per heavy atom. The van der Waals surface area contributed by atoms with E-state index < -0.39 is 6.10 Å². The highest BCUT2D eigenvalue weighted by atomic mass is 16.6. The minimum atomic E-state index is -0.464. The summed E-state index contributed by atoms with van der Waals surface area (Å²) in [5.74, 6) is 0.0707. The van der Waals surface area contributed by atoms with E-state index in [-0.39, 0.29) is 18.1 Å². The summed E-state index contributed by atoms with van der Waals surface area (Å²) in [6.45, 7) is 2.85. The molecule has 1 N–H and O–H groups in total. The van der Waals surface area contributed by atoms with Crippen LogP contribution in [0.15, 0.2) is 48.5 Å². The number of hydrogen-bond acceptors (Lipinski definition) is 3. The van der Waals surface area contributed by atoms with Crippen molar-refractivity contribution in [2.45, 2.75) is 37.8 Å². The van der Waals surface area contributed by atoms with Gasteiger partial charge in [0.05, 0.1) is 12.1 Å². The molecule has 0 bridgehead atoms. The van der Waals surface area contributed by atoms with E-state index in [0.29, 0.717) is 13.2 Å². The molecule has 1 fully saturated rings. The molecule has 2 aromatic carbocycles. The molecule has 4 rings (SSSR count). The second-order valence-electron chi connectivity index (χ2n) is 6.95. The van der Waals surface area contributed by atoms with Gasteiger partial charge in [-0.25, -0.2) is 4.79 Å². The molecule has 25 heavy (non-hydrogen) atoms. The second kappa shape index (κ2) is 6.52. The van der Waals surface area contributed by atoms with Crippen LogP contribution in [0.25, 0.3) is 11.1 Å². The van der Waals surface area contributed by atoms with Crippen LogP contribution in [-0.2, 0) is 4.74 Å². The Labute approximate surface area is 148 Å². The van der Waals surface area contributed by atoms with Crippen molar-refractivity contribution in [3.8, 4) is 11.1 Å². The van der Waals surface area contributed by atoms with E-state index >= 15 is 0 Å². The van der Waals surface area contributed by atoms with E-state index in [1.165, 1.54) is 22.3 Å². The minimum absolute atomic E-state index is 0.0707. The van der Waals surface area contributed by atoms with Gasteiger partial charge >= 0.3 is 6.09 Å². The Balaban J connectivity index is 1.52. The lowest BCUT2D eigenvalue weighted by Crippen LogP contribution is -2.49. The third kappa shape index (κ3) is 2.81. The zero-order valence-electron chi connectivity index (χ0n) is 14.4. The smallest absolute Gasteiger partial charge is 0.410 e. The molecule has 0 aromatic heterocycles. The van der Waals surface area contributed by atoms with Gasteiger partial charge in [0, 0.05) is 12.5 Å². The quantitative estimate of drug-likeness (QED) is 0.907. The maximum atomic E-state index is 12.5. The molecule has 2 aromatic rings. The van der Waals surface area contributed by atoms with Crippen molar-refractivity contribution in [1.82, 2.24) is 4.90 Å². The van der Waals surface area contributed by atoms with Gasteiger partial charge in [0.15, 0.2) is 0 Å². The number of carbonyl (C=O) groups is 1. The summed E-state index contributed by atoms with van der Waals surface area (Å²) in [5.41, 5.74) is 4.87. The molecule has 1 amide bonds. The summed E-state index contributed by atoms with van der Waals surface area (Å²) >= 11 is 0. The van der Waals surface area contributed by atoms with E-state index in [1.807, 2.05) is 31.2 Å². The van der Waals surface area contributed by atoms with E-state index in [0.717, 1.165) is 12.8 Å². The Bertz CT molecular complexity index is 743. The van der Waals surface area contributed by atoms with Gasteiger partial charge in [-0.05, 0) is 42.0 Å². The standard InChI is InChI=1S/C21H23NO3/c1-14-20(23)11-6-12-22(14)21(24)25-13-19-17-9-4-2-7-15(17)16-8-3-5-10-18(16)19/h2-5,7-10,14,19-20,23H,6,11-13H2,1H3/t14-,20-/m1/s1. The van der Waals surface area contributed by atoms with Crippen molar-refractivity contribution in [2.75, 3.05) is 13.2 Å². The molecule has 2 aliphatic rings. The highest BCUT2D eigenvalue weighted by Crippen LogP contribution is 2.44. The predicted octanol–water partition coefficient (Wildman–Crippen LogP) is 3.78. The Morgan fingerprint density at radius 1 is 1.12 bits per heavy atom. The topological polar surface area (TPSA) is 49.8 Å². The Morgan fingerprint density at radius 3 is 2.36 bits per heavy atom. The van der Waals surface area contributed by atoms with Gasteiger partial charge in [-0.2, -0.15) is 0 Å². The second-order valence-corrected chi connectivity index (χ2v) is 6.95. The summed E-state index contributed by atoms with van der Waals surface area (Å²) in [4.78, 5) is 14.2. The Hall–Kier alpha value is -2.33. The fourth-order valence-corrected chi connectivity index (χ4v) is 4.06. The molecular formula is C21H23NO3. The van der Waals surface area contributed by atoms with E-state index in [1.54, 1.807) is 4.90 Å². The molecule has 130 valence electrons. The number of carbonyl (C=O) groups excluding carboxylic acids is 1. The molecule has 1 heterocycles. The third-order valence-corrected chi connectivity index (χ3v) is 5.52. The van der Waals surface area contributed by atoms with Crippen LogP contribution in [-0.4, -0.2) is 41.4 Å². The number of aliphatic hydroxyl groups is 1. The lowest BCUT2D eigenvalue weighted by atomic mass is 9.98. The SMILES string of the molecule is C[C@@H]1[C@H](O)CCCN1C(=O)OCC1c2ccccc2-c2ccccc21. The molecule has 1 aliphatic heterocycles. The van der Waals surface area contributed by atoms with Crippen LogP contribution in [0.1, 0.15) is 36.8 Å². The largest absolute Gasteiger partial charge is 0.448 e.